The fourth-order valence-electron chi connectivity index (χ4n) is 7.91. The normalized spacial score (nSPS) is 12.3. The number of thiophene rings is 1. The highest BCUT2D eigenvalue weighted by Crippen LogP contribution is 2.48. The lowest BCUT2D eigenvalue weighted by molar-refractivity contribution is 0.663. The van der Waals surface area contributed by atoms with Gasteiger partial charge < -0.3 is 8.83 Å². The number of fused-ring (bicyclic) bond motifs is 12. The van der Waals surface area contributed by atoms with E-state index in [0.717, 1.165) is 49.4 Å². The molecule has 11 aromatic rings. The third-order valence-electron chi connectivity index (χ3n) is 9.87. The summed E-state index contributed by atoms with van der Waals surface area (Å²) in [6.45, 7) is 0. The molecule has 3 heterocycles. The van der Waals surface area contributed by atoms with Gasteiger partial charge in [-0.3, -0.25) is 0 Å². The molecule has 8 aromatic carbocycles. The molecular weight excluding hydrogens is 593 g/mol. The van der Waals surface area contributed by atoms with Gasteiger partial charge in [-0.15, -0.1) is 11.3 Å². The molecular formula is C44H24O2S. The highest BCUT2D eigenvalue weighted by molar-refractivity contribution is 7.25. The van der Waals surface area contributed by atoms with Gasteiger partial charge in [-0.05, 0) is 69.1 Å². The standard InChI is InChI=1S/C44H24O2S/c1-3-13-29-27(11-1)40(25-20-23-39-34(24-25)26-10-6-8-19-38(26)47-39)28-12-2-4-14-30(28)41(29)32-16-9-17-33-43-37(46-44(32)33)22-21-36-42(43)31-15-5-7-18-35(31)45-36/h1-24H. The van der Waals surface area contributed by atoms with Crippen molar-refractivity contribution in [2.45, 2.75) is 0 Å². The van der Waals surface area contributed by atoms with Crippen LogP contribution in [-0.2, 0) is 0 Å². The third kappa shape index (κ3) is 3.44. The van der Waals surface area contributed by atoms with E-state index >= 15 is 0 Å². The van der Waals surface area contributed by atoms with Crippen LogP contribution in [0.25, 0.3) is 108 Å². The summed E-state index contributed by atoms with van der Waals surface area (Å²) in [6, 6.07) is 52.3. The first kappa shape index (κ1) is 25.3. The van der Waals surface area contributed by atoms with Crippen molar-refractivity contribution in [3.63, 3.8) is 0 Å². The smallest absolute Gasteiger partial charge is 0.143 e. The SMILES string of the molecule is c1ccc2c(c1)oc1ccc3oc4c(-c5c6ccccc6c(-c6ccc7sc8ccccc8c7c6)c6ccccc56)cccc4c3c12. The Morgan fingerprint density at radius 2 is 0.936 bits per heavy atom. The van der Waals surface area contributed by atoms with Gasteiger partial charge in [-0.25, -0.2) is 0 Å². The number of furan rings is 2. The minimum Gasteiger partial charge on any atom is -0.456 e. The maximum Gasteiger partial charge on any atom is 0.143 e. The highest BCUT2D eigenvalue weighted by atomic mass is 32.1. The first-order valence-electron chi connectivity index (χ1n) is 15.9. The minimum absolute atomic E-state index is 0.869. The molecule has 3 heteroatoms. The summed E-state index contributed by atoms with van der Waals surface area (Å²) in [5.74, 6) is 0. The van der Waals surface area contributed by atoms with E-state index in [4.69, 9.17) is 8.83 Å². The molecule has 0 radical (unpaired) electrons. The van der Waals surface area contributed by atoms with Crippen LogP contribution in [0.15, 0.2) is 154 Å². The van der Waals surface area contributed by atoms with Crippen molar-refractivity contribution in [3.8, 4) is 22.3 Å². The topological polar surface area (TPSA) is 26.3 Å². The van der Waals surface area contributed by atoms with Crippen molar-refractivity contribution in [3.05, 3.63) is 146 Å². The van der Waals surface area contributed by atoms with E-state index < -0.39 is 0 Å². The predicted octanol–water partition coefficient (Wildman–Crippen LogP) is 13.5. The van der Waals surface area contributed by atoms with Crippen LogP contribution in [0, 0.1) is 0 Å². The average molecular weight is 617 g/mol. The molecule has 0 saturated heterocycles. The van der Waals surface area contributed by atoms with Gasteiger partial charge in [0.1, 0.15) is 22.3 Å². The highest BCUT2D eigenvalue weighted by Gasteiger charge is 2.22. The third-order valence-corrected chi connectivity index (χ3v) is 11.0. The Bertz CT molecular complexity index is 3020. The van der Waals surface area contributed by atoms with E-state index in [1.807, 2.05) is 35.6 Å². The van der Waals surface area contributed by atoms with Crippen molar-refractivity contribution < 1.29 is 8.83 Å². The monoisotopic (exact) mass is 616 g/mol. The van der Waals surface area contributed by atoms with E-state index in [1.165, 1.54) is 58.4 Å². The van der Waals surface area contributed by atoms with Crippen LogP contribution < -0.4 is 0 Å². The zero-order chi connectivity index (χ0) is 30.6. The lowest BCUT2D eigenvalue weighted by Crippen LogP contribution is -1.91. The van der Waals surface area contributed by atoms with Gasteiger partial charge in [0.15, 0.2) is 0 Å². The van der Waals surface area contributed by atoms with Gasteiger partial charge in [0.25, 0.3) is 0 Å². The molecule has 218 valence electrons. The summed E-state index contributed by atoms with van der Waals surface area (Å²) in [5.41, 5.74) is 8.32. The molecule has 0 N–H and O–H groups in total. The number of rotatable bonds is 2. The van der Waals surface area contributed by atoms with Crippen molar-refractivity contribution in [2.24, 2.45) is 0 Å². The van der Waals surface area contributed by atoms with Gasteiger partial charge in [-0.1, -0.05) is 109 Å². The molecule has 0 spiro atoms. The van der Waals surface area contributed by atoms with Crippen LogP contribution in [0.5, 0.6) is 0 Å². The fourth-order valence-corrected chi connectivity index (χ4v) is 9.00. The van der Waals surface area contributed by atoms with E-state index in [0.29, 0.717) is 0 Å². The van der Waals surface area contributed by atoms with E-state index in [9.17, 15) is 0 Å². The molecule has 0 saturated carbocycles. The Kier molecular flexibility index (Phi) is 5.02. The summed E-state index contributed by atoms with van der Waals surface area (Å²) in [4.78, 5) is 0. The van der Waals surface area contributed by atoms with Crippen molar-refractivity contribution in [1.29, 1.82) is 0 Å². The molecule has 47 heavy (non-hydrogen) atoms. The van der Waals surface area contributed by atoms with Crippen molar-refractivity contribution in [2.75, 3.05) is 0 Å². The Balaban J connectivity index is 1.25. The maximum atomic E-state index is 6.82. The second-order valence-corrected chi connectivity index (χ2v) is 13.4. The molecule has 2 nitrogen and oxygen atoms in total. The van der Waals surface area contributed by atoms with Gasteiger partial charge in [0, 0.05) is 52.8 Å². The molecule has 0 bridgehead atoms. The zero-order valence-corrected chi connectivity index (χ0v) is 25.9. The first-order chi connectivity index (χ1) is 23.3. The molecule has 0 aliphatic heterocycles. The lowest BCUT2D eigenvalue weighted by Gasteiger charge is -2.18. The Morgan fingerprint density at radius 1 is 0.362 bits per heavy atom. The lowest BCUT2D eigenvalue weighted by atomic mass is 9.85. The molecule has 3 aromatic heterocycles. The quantitative estimate of drug-likeness (QED) is 0.181. The van der Waals surface area contributed by atoms with E-state index in [-0.39, 0.29) is 0 Å². The second kappa shape index (κ2) is 9.32. The average Bonchev–Trinajstić information content (AvgIpc) is 3.81. The Labute approximate surface area is 272 Å². The van der Waals surface area contributed by atoms with Gasteiger partial charge in [0.05, 0.1) is 0 Å². The number of hydrogen-bond acceptors (Lipinski definition) is 3. The number of para-hydroxylation sites is 2. The van der Waals surface area contributed by atoms with Crippen LogP contribution in [0.2, 0.25) is 0 Å². The second-order valence-electron chi connectivity index (χ2n) is 12.3. The molecule has 0 aliphatic carbocycles. The largest absolute Gasteiger partial charge is 0.456 e. The molecule has 11 rings (SSSR count). The van der Waals surface area contributed by atoms with Gasteiger partial charge >= 0.3 is 0 Å². The Hall–Kier alpha value is -5.90. The predicted molar refractivity (Wildman–Crippen MR) is 200 cm³/mol. The van der Waals surface area contributed by atoms with Crippen LogP contribution in [0.3, 0.4) is 0 Å². The van der Waals surface area contributed by atoms with Crippen LogP contribution in [-0.4, -0.2) is 0 Å². The van der Waals surface area contributed by atoms with E-state index in [1.54, 1.807) is 0 Å². The molecule has 0 fully saturated rings. The van der Waals surface area contributed by atoms with E-state index in [2.05, 4.69) is 121 Å². The van der Waals surface area contributed by atoms with Gasteiger partial charge in [-0.2, -0.15) is 0 Å². The first-order valence-corrected chi connectivity index (χ1v) is 16.7. The number of hydrogen-bond donors (Lipinski definition) is 0. The summed E-state index contributed by atoms with van der Waals surface area (Å²) in [7, 11) is 0. The van der Waals surface area contributed by atoms with Crippen LogP contribution in [0.1, 0.15) is 0 Å². The van der Waals surface area contributed by atoms with Crippen molar-refractivity contribution >= 4 is 96.9 Å². The van der Waals surface area contributed by atoms with Crippen LogP contribution >= 0.6 is 11.3 Å². The molecule has 0 atom stereocenters. The van der Waals surface area contributed by atoms with Crippen molar-refractivity contribution in [1.82, 2.24) is 0 Å². The van der Waals surface area contributed by atoms with Crippen LogP contribution in [0.4, 0.5) is 0 Å². The summed E-state index contributed by atoms with van der Waals surface area (Å²) in [6.07, 6.45) is 0. The zero-order valence-electron chi connectivity index (χ0n) is 25.1. The molecule has 0 unspecified atom stereocenters. The Morgan fingerprint density at radius 3 is 1.70 bits per heavy atom. The molecule has 0 aliphatic rings. The fraction of sp³-hybridized carbons (Fsp3) is 0. The summed E-state index contributed by atoms with van der Waals surface area (Å²) < 4.78 is 15.7. The number of benzene rings is 8. The summed E-state index contributed by atoms with van der Waals surface area (Å²) >= 11 is 1.86. The minimum atomic E-state index is 0.869. The molecule has 0 amide bonds. The maximum absolute atomic E-state index is 6.82. The van der Waals surface area contributed by atoms with Gasteiger partial charge in [0.2, 0.25) is 0 Å². The summed E-state index contributed by atoms with van der Waals surface area (Å²) in [5, 5.41) is 11.9.